The van der Waals surface area contributed by atoms with Crippen molar-refractivity contribution in [3.8, 4) is 0 Å². The average molecular weight is 285 g/mol. The van der Waals surface area contributed by atoms with E-state index >= 15 is 0 Å². The molecule has 0 aromatic heterocycles. The van der Waals surface area contributed by atoms with E-state index in [4.69, 9.17) is 15.0 Å². The summed E-state index contributed by atoms with van der Waals surface area (Å²) in [7, 11) is -0.177. The third-order valence-electron chi connectivity index (χ3n) is 4.09. The van der Waals surface area contributed by atoms with Gasteiger partial charge in [0, 0.05) is 45.3 Å². The SMILES string of the molecule is NC1(C(=O)O)CNCC1CCCB1OCCNCCO1. The predicted octanol–water partition coefficient (Wildman–Crippen LogP) is -1.11. The van der Waals surface area contributed by atoms with Crippen LogP contribution < -0.4 is 16.4 Å². The number of hydrogen-bond acceptors (Lipinski definition) is 6. The summed E-state index contributed by atoms with van der Waals surface area (Å²) in [6, 6.07) is 0. The molecule has 8 heteroatoms. The van der Waals surface area contributed by atoms with E-state index in [1.807, 2.05) is 0 Å². The maximum atomic E-state index is 11.3. The van der Waals surface area contributed by atoms with Crippen molar-refractivity contribution in [2.45, 2.75) is 24.7 Å². The molecule has 0 radical (unpaired) electrons. The minimum absolute atomic E-state index is 0.0322. The number of rotatable bonds is 5. The van der Waals surface area contributed by atoms with Crippen LogP contribution in [0.4, 0.5) is 0 Å². The minimum atomic E-state index is -1.13. The van der Waals surface area contributed by atoms with Gasteiger partial charge in [0.05, 0.1) is 0 Å². The second-order valence-electron chi connectivity index (χ2n) is 5.53. The van der Waals surface area contributed by atoms with E-state index in [2.05, 4.69) is 10.6 Å². The molecule has 0 aromatic carbocycles. The summed E-state index contributed by atoms with van der Waals surface area (Å²) < 4.78 is 11.2. The molecular weight excluding hydrogens is 261 g/mol. The standard InChI is InChI=1S/C12H24BN3O4/c14-12(11(17)18)9-16-8-10(12)2-1-3-13-19-6-4-15-5-7-20-13/h10,15-16H,1-9,14H2,(H,17,18). The van der Waals surface area contributed by atoms with Crippen molar-refractivity contribution < 1.29 is 19.2 Å². The van der Waals surface area contributed by atoms with E-state index in [9.17, 15) is 9.90 Å². The Morgan fingerprint density at radius 2 is 2.05 bits per heavy atom. The Labute approximate surface area is 119 Å². The molecule has 2 unspecified atom stereocenters. The van der Waals surface area contributed by atoms with E-state index in [1.54, 1.807) is 0 Å². The monoisotopic (exact) mass is 285 g/mol. The van der Waals surface area contributed by atoms with Gasteiger partial charge in [0.15, 0.2) is 0 Å². The van der Waals surface area contributed by atoms with Crippen molar-refractivity contribution in [3.63, 3.8) is 0 Å². The van der Waals surface area contributed by atoms with E-state index in [-0.39, 0.29) is 13.0 Å². The maximum Gasteiger partial charge on any atom is 0.456 e. The molecule has 0 aliphatic carbocycles. The maximum absolute atomic E-state index is 11.3. The molecule has 0 spiro atoms. The highest BCUT2D eigenvalue weighted by molar-refractivity contribution is 6.44. The first kappa shape index (κ1) is 15.7. The Kier molecular flexibility index (Phi) is 5.80. The Morgan fingerprint density at radius 3 is 2.70 bits per heavy atom. The number of nitrogens with one attached hydrogen (secondary N) is 2. The summed E-state index contributed by atoms with van der Waals surface area (Å²) in [4.78, 5) is 11.3. The van der Waals surface area contributed by atoms with Crippen LogP contribution in [0.3, 0.4) is 0 Å². The first-order chi connectivity index (χ1) is 9.63. The van der Waals surface area contributed by atoms with Gasteiger partial charge in [-0.2, -0.15) is 0 Å². The minimum Gasteiger partial charge on any atom is -0.480 e. The molecule has 2 rings (SSSR count). The quantitative estimate of drug-likeness (QED) is 0.475. The normalized spacial score (nSPS) is 31.9. The van der Waals surface area contributed by atoms with Crippen molar-refractivity contribution in [3.05, 3.63) is 0 Å². The Balaban J connectivity index is 1.73. The summed E-state index contributed by atoms with van der Waals surface area (Å²) in [5.41, 5.74) is 4.85. The fourth-order valence-corrected chi connectivity index (χ4v) is 2.79. The number of carboxylic acid groups (broad SMARTS) is 1. The molecule has 5 N–H and O–H groups in total. The van der Waals surface area contributed by atoms with Gasteiger partial charge in [0.25, 0.3) is 0 Å². The Morgan fingerprint density at radius 1 is 1.35 bits per heavy atom. The number of aliphatic carboxylic acids is 1. The van der Waals surface area contributed by atoms with E-state index in [0.717, 1.165) is 32.3 Å². The molecule has 0 bridgehead atoms. The van der Waals surface area contributed by atoms with Crippen LogP contribution in [0.5, 0.6) is 0 Å². The third kappa shape index (κ3) is 3.92. The fourth-order valence-electron chi connectivity index (χ4n) is 2.79. The lowest BCUT2D eigenvalue weighted by Gasteiger charge is -2.26. The van der Waals surface area contributed by atoms with E-state index < -0.39 is 11.5 Å². The lowest BCUT2D eigenvalue weighted by atomic mass is 9.77. The molecular formula is C12H24BN3O4. The van der Waals surface area contributed by atoms with Crippen molar-refractivity contribution in [2.24, 2.45) is 11.7 Å². The topological polar surface area (TPSA) is 106 Å². The zero-order chi connectivity index (χ0) is 14.4. The molecule has 0 amide bonds. The van der Waals surface area contributed by atoms with Gasteiger partial charge in [-0.3, -0.25) is 4.79 Å². The van der Waals surface area contributed by atoms with Crippen LogP contribution in [0.25, 0.3) is 0 Å². The van der Waals surface area contributed by atoms with Crippen LogP contribution in [-0.4, -0.2) is 63.1 Å². The lowest BCUT2D eigenvalue weighted by Crippen LogP contribution is -2.54. The Hall–Kier alpha value is -0.665. The molecule has 2 aliphatic heterocycles. The molecule has 0 aromatic rings. The fraction of sp³-hybridized carbons (Fsp3) is 0.917. The molecule has 2 fully saturated rings. The summed E-state index contributed by atoms with van der Waals surface area (Å²) >= 11 is 0. The molecule has 114 valence electrons. The van der Waals surface area contributed by atoms with Crippen LogP contribution >= 0.6 is 0 Å². The van der Waals surface area contributed by atoms with Crippen LogP contribution in [0.2, 0.25) is 6.32 Å². The average Bonchev–Trinajstić information content (AvgIpc) is 2.75. The lowest BCUT2D eigenvalue weighted by molar-refractivity contribution is -0.144. The summed E-state index contributed by atoms with van der Waals surface area (Å²) in [5.74, 6) is -0.952. The van der Waals surface area contributed by atoms with E-state index in [1.165, 1.54) is 0 Å². The molecule has 0 saturated carbocycles. The summed E-state index contributed by atoms with van der Waals surface area (Å²) in [6.45, 7) is 3.99. The second kappa shape index (κ2) is 7.37. The third-order valence-corrected chi connectivity index (χ3v) is 4.09. The molecule has 2 saturated heterocycles. The molecule has 2 aliphatic rings. The van der Waals surface area contributed by atoms with Gasteiger partial charge < -0.3 is 30.8 Å². The van der Waals surface area contributed by atoms with Gasteiger partial charge in [0.2, 0.25) is 0 Å². The van der Waals surface area contributed by atoms with Gasteiger partial charge in [-0.1, -0.05) is 6.42 Å². The van der Waals surface area contributed by atoms with Gasteiger partial charge in [0.1, 0.15) is 5.54 Å². The second-order valence-corrected chi connectivity index (χ2v) is 5.53. The van der Waals surface area contributed by atoms with Crippen molar-refractivity contribution >= 4 is 13.1 Å². The first-order valence-corrected chi connectivity index (χ1v) is 7.30. The predicted molar refractivity (Wildman–Crippen MR) is 75.5 cm³/mol. The Bertz CT molecular complexity index is 326. The highest BCUT2D eigenvalue weighted by Gasteiger charge is 2.45. The van der Waals surface area contributed by atoms with Crippen molar-refractivity contribution in [1.82, 2.24) is 10.6 Å². The van der Waals surface area contributed by atoms with Gasteiger partial charge in [-0.25, -0.2) is 0 Å². The number of nitrogens with two attached hydrogens (primary N) is 1. The van der Waals surface area contributed by atoms with Crippen LogP contribution in [0, 0.1) is 5.92 Å². The summed E-state index contributed by atoms with van der Waals surface area (Å²) in [5, 5.41) is 15.5. The highest BCUT2D eigenvalue weighted by atomic mass is 16.6. The van der Waals surface area contributed by atoms with Crippen molar-refractivity contribution in [2.75, 3.05) is 39.4 Å². The van der Waals surface area contributed by atoms with Crippen LogP contribution in [0.15, 0.2) is 0 Å². The zero-order valence-corrected chi connectivity index (χ0v) is 11.8. The smallest absolute Gasteiger partial charge is 0.456 e. The van der Waals surface area contributed by atoms with Crippen LogP contribution in [-0.2, 0) is 14.1 Å². The van der Waals surface area contributed by atoms with Crippen LogP contribution in [0.1, 0.15) is 12.8 Å². The van der Waals surface area contributed by atoms with E-state index in [0.29, 0.717) is 26.3 Å². The largest absolute Gasteiger partial charge is 0.480 e. The zero-order valence-electron chi connectivity index (χ0n) is 11.8. The number of carbonyl (C=O) groups is 1. The molecule has 2 heterocycles. The highest BCUT2D eigenvalue weighted by Crippen LogP contribution is 2.25. The van der Waals surface area contributed by atoms with Gasteiger partial charge >= 0.3 is 13.1 Å². The summed E-state index contributed by atoms with van der Waals surface area (Å²) in [6.07, 6.45) is 2.42. The molecule has 7 nitrogen and oxygen atoms in total. The first-order valence-electron chi connectivity index (χ1n) is 7.30. The number of carboxylic acids is 1. The van der Waals surface area contributed by atoms with Gasteiger partial charge in [-0.05, 0) is 12.7 Å². The molecule has 2 atom stereocenters. The van der Waals surface area contributed by atoms with Gasteiger partial charge in [-0.15, -0.1) is 0 Å². The van der Waals surface area contributed by atoms with Crippen molar-refractivity contribution in [1.29, 1.82) is 0 Å². The number of hydrogen-bond donors (Lipinski definition) is 4. The molecule has 20 heavy (non-hydrogen) atoms.